The van der Waals surface area contributed by atoms with Gasteiger partial charge in [0.05, 0.1) is 16.4 Å². The highest BCUT2D eigenvalue weighted by atomic mass is 28.3. The van der Waals surface area contributed by atoms with Crippen LogP contribution < -0.4 is 9.75 Å². The first-order valence-corrected chi connectivity index (χ1v) is 17.8. The van der Waals surface area contributed by atoms with Gasteiger partial charge in [-0.3, -0.25) is 0 Å². The van der Waals surface area contributed by atoms with Gasteiger partial charge in [0.2, 0.25) is 5.69 Å². The predicted molar refractivity (Wildman–Crippen MR) is 168 cm³/mol. The summed E-state index contributed by atoms with van der Waals surface area (Å²) in [5.41, 5.74) is 7.58. The molecule has 0 amide bonds. The number of benzene rings is 3. The molecule has 0 unspecified atom stereocenters. The maximum Gasteiger partial charge on any atom is 0.216 e. The monoisotopic (exact) mass is 535 g/mol. The fraction of sp³-hybridized carbons (Fsp3) is 0.361. The highest BCUT2D eigenvalue weighted by Gasteiger charge is 2.30. The normalized spacial score (nSPS) is 18.2. The number of pyridine rings is 1. The molecule has 0 N–H and O–H groups in total. The number of para-hydroxylation sites is 1. The average Bonchev–Trinajstić information content (AvgIpc) is 3.29. The van der Waals surface area contributed by atoms with Crippen LogP contribution in [0.2, 0.25) is 19.6 Å². The van der Waals surface area contributed by atoms with Crippen molar-refractivity contribution in [3.05, 3.63) is 84.0 Å². The maximum atomic E-state index is 9.30. The second kappa shape index (κ2) is 9.48. The van der Waals surface area contributed by atoms with Gasteiger partial charge in [0.15, 0.2) is 6.20 Å². The first kappa shape index (κ1) is 22.6. The number of hydrogen-bond donors (Lipinski definition) is 0. The van der Waals surface area contributed by atoms with Crippen molar-refractivity contribution in [2.45, 2.75) is 72.0 Å². The molecule has 0 bridgehead atoms. The van der Waals surface area contributed by atoms with Crippen molar-refractivity contribution in [3.8, 4) is 22.4 Å². The molecule has 6 rings (SSSR count). The lowest BCUT2D eigenvalue weighted by Gasteiger charge is -2.34. The minimum atomic E-state index is -1.88. The smallest absolute Gasteiger partial charge is 0.216 e. The van der Waals surface area contributed by atoms with Gasteiger partial charge < -0.3 is 4.42 Å². The molecule has 0 spiro atoms. The first-order valence-electron chi connectivity index (χ1n) is 15.8. The van der Waals surface area contributed by atoms with Gasteiger partial charge in [0, 0.05) is 23.4 Å². The van der Waals surface area contributed by atoms with Crippen LogP contribution >= 0.6 is 0 Å². The summed E-state index contributed by atoms with van der Waals surface area (Å²) in [5, 5.41) is 3.41. The Morgan fingerprint density at radius 3 is 2.36 bits per heavy atom. The number of rotatable bonds is 4. The van der Waals surface area contributed by atoms with Crippen LogP contribution in [0.4, 0.5) is 0 Å². The molecule has 1 fully saturated rings. The molecule has 2 nitrogen and oxygen atoms in total. The Bertz CT molecular complexity index is 1830. The molecular weight excluding hydrogens is 490 g/mol. The van der Waals surface area contributed by atoms with E-state index in [0.29, 0.717) is 17.6 Å². The van der Waals surface area contributed by atoms with Crippen LogP contribution in [-0.4, -0.2) is 8.07 Å². The summed E-state index contributed by atoms with van der Waals surface area (Å²) >= 11 is 0. The van der Waals surface area contributed by atoms with E-state index in [4.69, 9.17) is 4.42 Å². The van der Waals surface area contributed by atoms with Crippen LogP contribution in [0.3, 0.4) is 0 Å². The Morgan fingerprint density at radius 1 is 0.974 bits per heavy atom. The van der Waals surface area contributed by atoms with Crippen LogP contribution in [0.15, 0.2) is 77.3 Å². The zero-order valence-corrected chi connectivity index (χ0v) is 25.5. The molecule has 5 aromatic rings. The molecule has 2 heterocycles. The zero-order valence-electron chi connectivity index (χ0n) is 27.5. The van der Waals surface area contributed by atoms with Crippen molar-refractivity contribution in [1.29, 1.82) is 0 Å². The lowest BCUT2D eigenvalue weighted by molar-refractivity contribution is -0.659. The Morgan fingerprint density at radius 2 is 1.67 bits per heavy atom. The van der Waals surface area contributed by atoms with E-state index in [-0.39, 0.29) is 5.41 Å². The fourth-order valence-corrected chi connectivity index (χ4v) is 7.75. The summed E-state index contributed by atoms with van der Waals surface area (Å²) in [6.07, 6.45) is 5.74. The van der Waals surface area contributed by atoms with Gasteiger partial charge in [-0.1, -0.05) is 88.0 Å². The second-order valence-corrected chi connectivity index (χ2v) is 18.3. The van der Waals surface area contributed by atoms with E-state index in [9.17, 15) is 4.11 Å². The van der Waals surface area contributed by atoms with E-state index < -0.39 is 14.0 Å². The van der Waals surface area contributed by atoms with Gasteiger partial charge in [-0.2, -0.15) is 0 Å². The summed E-state index contributed by atoms with van der Waals surface area (Å²) in [6, 6.07) is 19.1. The standard InChI is InChI=1S/C36H42NOSi/c1-24-12-17-29-28-10-8-9-11-32(28)38-35(29)34(24)31-22-30(33(23-37(31)4)39(5,6)7)27-15-13-25(14-16-27)26-18-20-36(2,3)21-19-26/h8-17,22-23,26H,18-21H2,1-7H3/q+1/i15D,16D,26D. The fourth-order valence-electron chi connectivity index (χ4n) is 6.17. The quantitative estimate of drug-likeness (QED) is 0.165. The van der Waals surface area contributed by atoms with Crippen LogP contribution in [0.1, 0.15) is 60.7 Å². The Balaban J connectivity index is 1.57. The molecule has 1 aliphatic carbocycles. The van der Waals surface area contributed by atoms with Crippen molar-refractivity contribution in [1.82, 2.24) is 0 Å². The van der Waals surface area contributed by atoms with E-state index in [1.807, 2.05) is 30.3 Å². The lowest BCUT2D eigenvalue weighted by atomic mass is 9.71. The van der Waals surface area contributed by atoms with Gasteiger partial charge in [-0.05, 0) is 72.2 Å². The highest BCUT2D eigenvalue weighted by Crippen LogP contribution is 2.43. The summed E-state index contributed by atoms with van der Waals surface area (Å²) in [4.78, 5) is 0. The summed E-state index contributed by atoms with van der Waals surface area (Å²) in [6.45, 7) is 13.6. The van der Waals surface area contributed by atoms with Crippen LogP contribution in [-0.2, 0) is 7.05 Å². The number of nitrogens with zero attached hydrogens (tertiary/aromatic N) is 1. The number of aromatic nitrogens is 1. The van der Waals surface area contributed by atoms with E-state index >= 15 is 0 Å². The van der Waals surface area contributed by atoms with Crippen LogP contribution in [0.25, 0.3) is 44.3 Å². The van der Waals surface area contributed by atoms with Gasteiger partial charge >= 0.3 is 0 Å². The van der Waals surface area contributed by atoms with E-state index in [0.717, 1.165) is 75.6 Å². The predicted octanol–water partition coefficient (Wildman–Crippen LogP) is 9.28. The number of furan rings is 1. The third-order valence-corrected chi connectivity index (χ3v) is 10.7. The SMILES string of the molecule is [2H]c1cc(C2([2H])CCC(C)(C)CC2)cc([2H])c1-c1cc(-c2c(C)ccc3c2oc2ccccc23)[n+](C)cc1[Si](C)(C)C. The average molecular weight is 536 g/mol. The zero-order chi connectivity index (χ0) is 30.2. The van der Waals surface area contributed by atoms with E-state index in [1.165, 1.54) is 5.19 Å². The topological polar surface area (TPSA) is 17.0 Å². The third-order valence-electron chi connectivity index (χ3n) is 8.72. The maximum absolute atomic E-state index is 9.30. The molecule has 3 aromatic carbocycles. The van der Waals surface area contributed by atoms with Crippen molar-refractivity contribution in [3.63, 3.8) is 0 Å². The lowest BCUT2D eigenvalue weighted by Crippen LogP contribution is -2.46. The Kier molecular flexibility index (Phi) is 5.50. The molecule has 1 aliphatic rings. The summed E-state index contributed by atoms with van der Waals surface area (Å²) in [5.74, 6) is -0.733. The third kappa shape index (κ3) is 4.76. The van der Waals surface area contributed by atoms with Crippen LogP contribution in [0, 0.1) is 12.3 Å². The number of aryl methyl sites for hydroxylation is 2. The minimum absolute atomic E-state index is 0.251. The van der Waals surface area contributed by atoms with Gasteiger partial charge in [-0.15, -0.1) is 0 Å². The summed E-state index contributed by atoms with van der Waals surface area (Å²) in [7, 11) is 0.208. The second-order valence-electron chi connectivity index (χ2n) is 13.3. The Labute approximate surface area is 238 Å². The number of hydrogen-bond acceptors (Lipinski definition) is 1. The van der Waals surface area contributed by atoms with Gasteiger partial charge in [0.1, 0.15) is 18.2 Å². The molecule has 0 radical (unpaired) electrons. The minimum Gasteiger partial charge on any atom is -0.455 e. The first-order chi connectivity index (χ1) is 19.7. The molecule has 0 aliphatic heterocycles. The largest absolute Gasteiger partial charge is 0.455 e. The van der Waals surface area contributed by atoms with E-state index in [1.54, 1.807) is 0 Å². The van der Waals surface area contributed by atoms with Crippen LogP contribution in [0.5, 0.6) is 0 Å². The van der Waals surface area contributed by atoms with Crippen molar-refractivity contribution < 1.29 is 13.1 Å². The highest BCUT2D eigenvalue weighted by molar-refractivity contribution is 6.89. The number of fused-ring (bicyclic) bond motifs is 3. The van der Waals surface area contributed by atoms with Crippen molar-refractivity contribution in [2.75, 3.05) is 0 Å². The molecule has 39 heavy (non-hydrogen) atoms. The molecule has 0 atom stereocenters. The summed E-state index contributed by atoms with van der Waals surface area (Å²) < 4.78 is 36.4. The molecule has 3 heteroatoms. The Hall–Kier alpha value is -3.17. The van der Waals surface area contributed by atoms with Crippen molar-refractivity contribution >= 4 is 35.2 Å². The molecule has 0 saturated heterocycles. The molecular formula is C36H42NOSi+. The van der Waals surface area contributed by atoms with Crippen molar-refractivity contribution in [2.24, 2.45) is 12.5 Å². The van der Waals surface area contributed by atoms with Gasteiger partial charge in [-0.25, -0.2) is 4.57 Å². The molecule has 1 saturated carbocycles. The van der Waals surface area contributed by atoms with E-state index in [2.05, 4.69) is 82.5 Å². The molecule has 2 aromatic heterocycles. The molecule has 200 valence electrons. The van der Waals surface area contributed by atoms with Gasteiger partial charge in [0.25, 0.3) is 0 Å².